The molecule has 1 aliphatic rings. The Morgan fingerprint density at radius 2 is 2.21 bits per heavy atom. The largest absolute Gasteiger partial charge is 0.506 e. The smallest absolute Gasteiger partial charge is 0.138 e. The summed E-state index contributed by atoms with van der Waals surface area (Å²) in [7, 11) is 0. The van der Waals surface area contributed by atoms with Crippen molar-refractivity contribution in [3.8, 4) is 5.75 Å². The molecule has 0 aliphatic carbocycles. The minimum Gasteiger partial charge on any atom is -0.506 e. The summed E-state index contributed by atoms with van der Waals surface area (Å²) in [6, 6.07) is 3.43. The van der Waals surface area contributed by atoms with Crippen molar-refractivity contribution < 1.29 is 5.11 Å². The Balaban J connectivity index is 1.99. The third kappa shape index (κ3) is 2.21. The van der Waals surface area contributed by atoms with Gasteiger partial charge < -0.3 is 10.4 Å². The third-order valence-electron chi connectivity index (χ3n) is 2.45. The van der Waals surface area contributed by atoms with Crippen molar-refractivity contribution in [3.63, 3.8) is 0 Å². The number of rotatable bonds is 2. The number of hydrogen-bond donors (Lipinski definition) is 2. The molecule has 1 saturated heterocycles. The second-order valence-electron chi connectivity index (χ2n) is 3.50. The molecule has 1 aromatic rings. The van der Waals surface area contributed by atoms with Crippen LogP contribution in [-0.2, 0) is 6.54 Å². The number of nitrogens with one attached hydrogen (secondary N) is 1. The third-order valence-corrected chi connectivity index (χ3v) is 2.45. The van der Waals surface area contributed by atoms with Crippen molar-refractivity contribution >= 4 is 0 Å². The molecule has 1 aromatic heterocycles. The number of aromatic hydroxyl groups is 1. The van der Waals surface area contributed by atoms with Gasteiger partial charge in [-0.05, 0) is 12.1 Å². The van der Waals surface area contributed by atoms with E-state index in [4.69, 9.17) is 0 Å². The van der Waals surface area contributed by atoms with E-state index in [-0.39, 0.29) is 0 Å². The van der Waals surface area contributed by atoms with E-state index in [2.05, 4.69) is 15.2 Å². The molecule has 2 heterocycles. The van der Waals surface area contributed by atoms with Gasteiger partial charge in [-0.25, -0.2) is 0 Å². The first kappa shape index (κ1) is 9.43. The van der Waals surface area contributed by atoms with Crippen molar-refractivity contribution in [2.45, 2.75) is 6.54 Å². The summed E-state index contributed by atoms with van der Waals surface area (Å²) >= 11 is 0. The van der Waals surface area contributed by atoms with Gasteiger partial charge in [0.25, 0.3) is 0 Å². The Kier molecular flexibility index (Phi) is 2.96. The van der Waals surface area contributed by atoms with Gasteiger partial charge in [0.2, 0.25) is 0 Å². The fraction of sp³-hybridized carbons (Fsp3) is 0.500. The lowest BCUT2D eigenvalue weighted by Gasteiger charge is -2.26. The average Bonchev–Trinajstić information content (AvgIpc) is 2.23. The van der Waals surface area contributed by atoms with E-state index in [1.807, 2.05) is 0 Å². The number of aromatic nitrogens is 1. The first-order valence-electron chi connectivity index (χ1n) is 4.92. The van der Waals surface area contributed by atoms with E-state index in [0.29, 0.717) is 5.75 Å². The molecule has 14 heavy (non-hydrogen) atoms. The topological polar surface area (TPSA) is 48.4 Å². The zero-order chi connectivity index (χ0) is 9.80. The molecular weight excluding hydrogens is 178 g/mol. The van der Waals surface area contributed by atoms with E-state index in [1.165, 1.54) is 0 Å². The van der Waals surface area contributed by atoms with E-state index >= 15 is 0 Å². The number of piperazine rings is 1. The van der Waals surface area contributed by atoms with Gasteiger partial charge in [-0.2, -0.15) is 0 Å². The quantitative estimate of drug-likeness (QED) is 0.704. The standard InChI is InChI=1S/C10H15N3O/c14-10-2-1-3-12-9(10)8-13-6-4-11-5-7-13/h1-3,11,14H,4-8H2. The van der Waals surface area contributed by atoms with Gasteiger partial charge in [-0.15, -0.1) is 0 Å². The highest BCUT2D eigenvalue weighted by Gasteiger charge is 2.12. The molecule has 76 valence electrons. The SMILES string of the molecule is Oc1cccnc1CN1CCNCC1. The summed E-state index contributed by atoms with van der Waals surface area (Å²) < 4.78 is 0. The molecule has 0 aromatic carbocycles. The number of hydrogen-bond acceptors (Lipinski definition) is 4. The first-order chi connectivity index (χ1) is 6.86. The van der Waals surface area contributed by atoms with Crippen molar-refractivity contribution in [2.75, 3.05) is 26.2 Å². The van der Waals surface area contributed by atoms with Gasteiger partial charge in [0.15, 0.2) is 0 Å². The maximum Gasteiger partial charge on any atom is 0.138 e. The fourth-order valence-corrected chi connectivity index (χ4v) is 1.63. The highest BCUT2D eigenvalue weighted by molar-refractivity contribution is 5.24. The summed E-state index contributed by atoms with van der Waals surface area (Å²) in [4.78, 5) is 6.45. The van der Waals surface area contributed by atoms with Crippen LogP contribution >= 0.6 is 0 Å². The minimum atomic E-state index is 0.297. The molecule has 1 aliphatic heterocycles. The zero-order valence-electron chi connectivity index (χ0n) is 8.11. The summed E-state index contributed by atoms with van der Waals surface area (Å²) in [5.41, 5.74) is 0.773. The van der Waals surface area contributed by atoms with Crippen LogP contribution in [0.1, 0.15) is 5.69 Å². The van der Waals surface area contributed by atoms with E-state index < -0.39 is 0 Å². The Bertz CT molecular complexity index is 297. The van der Waals surface area contributed by atoms with Crippen LogP contribution in [0.3, 0.4) is 0 Å². The first-order valence-corrected chi connectivity index (χ1v) is 4.92. The molecule has 0 amide bonds. The lowest BCUT2D eigenvalue weighted by molar-refractivity contribution is 0.228. The molecule has 0 saturated carbocycles. The normalized spacial score (nSPS) is 18.3. The summed E-state index contributed by atoms with van der Waals surface area (Å²) in [6.45, 7) is 4.83. The van der Waals surface area contributed by atoms with Crippen LogP contribution in [0.4, 0.5) is 0 Å². The Morgan fingerprint density at radius 1 is 1.43 bits per heavy atom. The predicted octanol–water partition coefficient (Wildman–Crippen LogP) is 0.192. The molecule has 2 N–H and O–H groups in total. The minimum absolute atomic E-state index is 0.297. The molecule has 0 bridgehead atoms. The Labute approximate surface area is 83.6 Å². The maximum atomic E-state index is 9.54. The molecule has 4 nitrogen and oxygen atoms in total. The molecular formula is C10H15N3O. The van der Waals surface area contributed by atoms with Crippen LogP contribution in [0.15, 0.2) is 18.3 Å². The van der Waals surface area contributed by atoms with Crippen molar-refractivity contribution in [2.24, 2.45) is 0 Å². The second kappa shape index (κ2) is 4.39. The van der Waals surface area contributed by atoms with E-state index in [1.54, 1.807) is 18.3 Å². The van der Waals surface area contributed by atoms with Gasteiger partial charge in [0.1, 0.15) is 5.75 Å². The van der Waals surface area contributed by atoms with Crippen LogP contribution in [0.5, 0.6) is 5.75 Å². The lowest BCUT2D eigenvalue weighted by Crippen LogP contribution is -2.43. The van der Waals surface area contributed by atoms with Crippen molar-refractivity contribution in [1.82, 2.24) is 15.2 Å². The van der Waals surface area contributed by atoms with Crippen LogP contribution in [0.25, 0.3) is 0 Å². The predicted molar refractivity (Wildman–Crippen MR) is 54.0 cm³/mol. The molecule has 2 rings (SSSR count). The van der Waals surface area contributed by atoms with Crippen molar-refractivity contribution in [3.05, 3.63) is 24.0 Å². The molecule has 1 fully saturated rings. The van der Waals surface area contributed by atoms with Crippen LogP contribution in [0.2, 0.25) is 0 Å². The summed E-state index contributed by atoms with van der Waals surface area (Å²) in [5.74, 6) is 0.297. The highest BCUT2D eigenvalue weighted by Crippen LogP contribution is 2.14. The molecule has 0 spiro atoms. The Morgan fingerprint density at radius 3 is 2.93 bits per heavy atom. The van der Waals surface area contributed by atoms with Crippen LogP contribution in [0, 0.1) is 0 Å². The number of nitrogens with zero attached hydrogens (tertiary/aromatic N) is 2. The summed E-state index contributed by atoms with van der Waals surface area (Å²) in [6.07, 6.45) is 1.72. The van der Waals surface area contributed by atoms with Gasteiger partial charge in [-0.3, -0.25) is 9.88 Å². The second-order valence-corrected chi connectivity index (χ2v) is 3.50. The monoisotopic (exact) mass is 193 g/mol. The van der Waals surface area contributed by atoms with Gasteiger partial charge in [0.05, 0.1) is 5.69 Å². The molecule has 4 heteroatoms. The molecule has 0 unspecified atom stereocenters. The maximum absolute atomic E-state index is 9.54. The fourth-order valence-electron chi connectivity index (χ4n) is 1.63. The van der Waals surface area contributed by atoms with Crippen LogP contribution < -0.4 is 5.32 Å². The average molecular weight is 193 g/mol. The van der Waals surface area contributed by atoms with Gasteiger partial charge in [-0.1, -0.05) is 0 Å². The summed E-state index contributed by atoms with van der Waals surface area (Å²) in [5, 5.41) is 12.8. The lowest BCUT2D eigenvalue weighted by atomic mass is 10.3. The van der Waals surface area contributed by atoms with Crippen molar-refractivity contribution in [1.29, 1.82) is 0 Å². The van der Waals surface area contributed by atoms with E-state index in [0.717, 1.165) is 38.4 Å². The van der Waals surface area contributed by atoms with E-state index in [9.17, 15) is 5.11 Å². The van der Waals surface area contributed by atoms with Gasteiger partial charge >= 0.3 is 0 Å². The highest BCUT2D eigenvalue weighted by atomic mass is 16.3. The van der Waals surface area contributed by atoms with Gasteiger partial charge in [0, 0.05) is 38.9 Å². The Hall–Kier alpha value is -1.13. The molecule has 0 atom stereocenters. The van der Waals surface area contributed by atoms with Crippen LogP contribution in [-0.4, -0.2) is 41.2 Å². The number of pyridine rings is 1. The zero-order valence-corrected chi connectivity index (χ0v) is 8.11. The molecule has 0 radical (unpaired) electrons.